The molecule has 2 N–H and O–H groups in total. The fourth-order valence-corrected chi connectivity index (χ4v) is 3.25. The maximum atomic E-state index is 13.1. The van der Waals surface area contributed by atoms with E-state index in [-0.39, 0.29) is 29.8 Å². The topological polar surface area (TPSA) is 46.3 Å². The van der Waals surface area contributed by atoms with Gasteiger partial charge in [0.05, 0.1) is 5.41 Å². The molecule has 1 fully saturated rings. The number of piperidine rings is 1. The number of nitrogens with zero attached hydrogens (tertiary/aromatic N) is 1. The number of amides is 1. The normalized spacial score (nSPS) is 16.4. The Morgan fingerprint density at radius 3 is 2.19 bits per heavy atom. The number of hydrogen-bond donors (Lipinski definition) is 1. The standard InChI is InChI=1S/C17H26N2O.ClH/c1-3-17(4-2,14-8-6-5-7-9-14)16(20)19-12-10-15(18)11-13-19;/h5-9,15H,3-4,10-13,18H2,1-2H3;1H. The van der Waals surface area contributed by atoms with Crippen molar-refractivity contribution in [3.63, 3.8) is 0 Å². The average Bonchev–Trinajstić information content (AvgIpc) is 2.51. The Kier molecular flexibility index (Phi) is 6.69. The molecule has 118 valence electrons. The molecule has 2 rings (SSSR count). The molecule has 4 heteroatoms. The molecule has 21 heavy (non-hydrogen) atoms. The van der Waals surface area contributed by atoms with Crippen LogP contribution in [0.5, 0.6) is 0 Å². The Balaban J connectivity index is 0.00000220. The molecule has 0 radical (unpaired) electrons. The highest BCUT2D eigenvalue weighted by molar-refractivity contribution is 5.88. The van der Waals surface area contributed by atoms with Gasteiger partial charge in [0.2, 0.25) is 5.91 Å². The van der Waals surface area contributed by atoms with Crippen molar-refractivity contribution < 1.29 is 4.79 Å². The van der Waals surface area contributed by atoms with E-state index in [2.05, 4.69) is 26.0 Å². The van der Waals surface area contributed by atoms with Gasteiger partial charge in [-0.3, -0.25) is 4.79 Å². The molecule has 1 heterocycles. The molecular formula is C17H27ClN2O. The van der Waals surface area contributed by atoms with Gasteiger partial charge in [-0.05, 0) is 31.2 Å². The number of nitrogens with two attached hydrogens (primary N) is 1. The van der Waals surface area contributed by atoms with Gasteiger partial charge in [0, 0.05) is 19.1 Å². The van der Waals surface area contributed by atoms with Gasteiger partial charge in [-0.15, -0.1) is 12.4 Å². The quantitative estimate of drug-likeness (QED) is 0.929. The lowest BCUT2D eigenvalue weighted by Gasteiger charge is -2.39. The molecular weight excluding hydrogens is 284 g/mol. The van der Waals surface area contributed by atoms with Gasteiger partial charge in [-0.2, -0.15) is 0 Å². The summed E-state index contributed by atoms with van der Waals surface area (Å²) in [6.07, 6.45) is 3.53. The highest BCUT2D eigenvalue weighted by Gasteiger charge is 2.40. The van der Waals surface area contributed by atoms with Crippen molar-refractivity contribution in [1.29, 1.82) is 0 Å². The zero-order valence-electron chi connectivity index (χ0n) is 13.0. The summed E-state index contributed by atoms with van der Waals surface area (Å²) < 4.78 is 0. The van der Waals surface area contributed by atoms with Gasteiger partial charge in [0.25, 0.3) is 0 Å². The predicted octanol–water partition coefficient (Wildman–Crippen LogP) is 3.12. The monoisotopic (exact) mass is 310 g/mol. The zero-order valence-corrected chi connectivity index (χ0v) is 13.9. The molecule has 0 bridgehead atoms. The van der Waals surface area contributed by atoms with Crippen LogP contribution in [0.1, 0.15) is 45.1 Å². The summed E-state index contributed by atoms with van der Waals surface area (Å²) in [4.78, 5) is 15.1. The zero-order chi connectivity index (χ0) is 14.6. The van der Waals surface area contributed by atoms with E-state index >= 15 is 0 Å². The summed E-state index contributed by atoms with van der Waals surface area (Å²) in [5.41, 5.74) is 6.72. The predicted molar refractivity (Wildman–Crippen MR) is 89.7 cm³/mol. The van der Waals surface area contributed by atoms with Crippen LogP contribution in [0.3, 0.4) is 0 Å². The van der Waals surface area contributed by atoms with Crippen molar-refractivity contribution in [3.05, 3.63) is 35.9 Å². The van der Waals surface area contributed by atoms with E-state index in [0.29, 0.717) is 0 Å². The molecule has 1 amide bonds. The summed E-state index contributed by atoms with van der Waals surface area (Å²) in [5.74, 6) is 0.278. The molecule has 3 nitrogen and oxygen atoms in total. The van der Waals surface area contributed by atoms with Crippen molar-refractivity contribution in [2.45, 2.75) is 51.0 Å². The summed E-state index contributed by atoms with van der Waals surface area (Å²) in [5, 5.41) is 0. The van der Waals surface area contributed by atoms with Crippen LogP contribution in [0.15, 0.2) is 30.3 Å². The fraction of sp³-hybridized carbons (Fsp3) is 0.588. The molecule has 1 aromatic rings. The molecule has 0 saturated carbocycles. The van der Waals surface area contributed by atoms with Crippen LogP contribution >= 0.6 is 12.4 Å². The van der Waals surface area contributed by atoms with Gasteiger partial charge >= 0.3 is 0 Å². The smallest absolute Gasteiger partial charge is 0.233 e. The summed E-state index contributed by atoms with van der Waals surface area (Å²) >= 11 is 0. The van der Waals surface area contributed by atoms with Gasteiger partial charge in [0.1, 0.15) is 0 Å². The number of rotatable bonds is 4. The van der Waals surface area contributed by atoms with E-state index in [1.54, 1.807) is 0 Å². The van der Waals surface area contributed by atoms with Gasteiger partial charge < -0.3 is 10.6 Å². The lowest BCUT2D eigenvalue weighted by atomic mass is 9.74. The Morgan fingerprint density at radius 1 is 1.19 bits per heavy atom. The number of halogens is 1. The first-order chi connectivity index (χ1) is 9.64. The fourth-order valence-electron chi connectivity index (χ4n) is 3.25. The summed E-state index contributed by atoms with van der Waals surface area (Å²) in [6.45, 7) is 5.83. The van der Waals surface area contributed by atoms with E-state index in [0.717, 1.165) is 44.3 Å². The van der Waals surface area contributed by atoms with Crippen LogP contribution in [0.2, 0.25) is 0 Å². The van der Waals surface area contributed by atoms with Gasteiger partial charge in [0.15, 0.2) is 0 Å². The average molecular weight is 311 g/mol. The van der Waals surface area contributed by atoms with Crippen LogP contribution in [-0.2, 0) is 10.2 Å². The number of carbonyl (C=O) groups is 1. The highest BCUT2D eigenvalue weighted by Crippen LogP contribution is 2.34. The first-order valence-electron chi connectivity index (χ1n) is 7.74. The molecule has 1 aromatic carbocycles. The second-order valence-corrected chi connectivity index (χ2v) is 5.78. The van der Waals surface area contributed by atoms with Crippen LogP contribution in [0, 0.1) is 0 Å². The van der Waals surface area contributed by atoms with Crippen LogP contribution in [0.4, 0.5) is 0 Å². The highest BCUT2D eigenvalue weighted by atomic mass is 35.5. The maximum absolute atomic E-state index is 13.1. The van der Waals surface area contributed by atoms with E-state index in [1.807, 2.05) is 23.1 Å². The van der Waals surface area contributed by atoms with Crippen molar-refractivity contribution in [2.75, 3.05) is 13.1 Å². The summed E-state index contributed by atoms with van der Waals surface area (Å²) in [6, 6.07) is 10.5. The van der Waals surface area contributed by atoms with Crippen LogP contribution in [0.25, 0.3) is 0 Å². The SMILES string of the molecule is CCC(CC)(C(=O)N1CCC(N)CC1)c1ccccc1.Cl. The van der Waals surface area contributed by atoms with E-state index in [9.17, 15) is 4.79 Å². The Morgan fingerprint density at radius 2 is 1.71 bits per heavy atom. The lowest BCUT2D eigenvalue weighted by Crippen LogP contribution is -2.51. The van der Waals surface area contributed by atoms with E-state index < -0.39 is 0 Å². The third-order valence-electron chi connectivity index (χ3n) is 4.77. The van der Waals surface area contributed by atoms with Gasteiger partial charge in [-0.25, -0.2) is 0 Å². The number of carbonyl (C=O) groups excluding carboxylic acids is 1. The second kappa shape index (κ2) is 7.81. The third-order valence-corrected chi connectivity index (χ3v) is 4.77. The molecule has 0 atom stereocenters. The molecule has 0 unspecified atom stereocenters. The Hall–Kier alpha value is -1.06. The van der Waals surface area contributed by atoms with E-state index in [4.69, 9.17) is 5.73 Å². The van der Waals surface area contributed by atoms with Crippen molar-refractivity contribution in [2.24, 2.45) is 5.73 Å². The molecule has 1 aliphatic rings. The maximum Gasteiger partial charge on any atom is 0.233 e. The lowest BCUT2D eigenvalue weighted by molar-refractivity contribution is -0.139. The number of likely N-dealkylation sites (tertiary alicyclic amines) is 1. The van der Waals surface area contributed by atoms with Crippen molar-refractivity contribution >= 4 is 18.3 Å². The Labute approximate surface area is 134 Å². The first kappa shape index (κ1) is 18.0. The first-order valence-corrected chi connectivity index (χ1v) is 7.74. The minimum Gasteiger partial charge on any atom is -0.342 e. The number of benzene rings is 1. The number of hydrogen-bond acceptors (Lipinski definition) is 2. The molecule has 1 saturated heterocycles. The summed E-state index contributed by atoms with van der Waals surface area (Å²) in [7, 11) is 0. The molecule has 1 aliphatic heterocycles. The van der Waals surface area contributed by atoms with Crippen LogP contribution < -0.4 is 5.73 Å². The third kappa shape index (κ3) is 3.58. The minimum absolute atomic E-state index is 0. The molecule has 0 aliphatic carbocycles. The van der Waals surface area contributed by atoms with E-state index in [1.165, 1.54) is 0 Å². The molecule has 0 aromatic heterocycles. The molecule has 0 spiro atoms. The van der Waals surface area contributed by atoms with Crippen molar-refractivity contribution in [3.8, 4) is 0 Å². The van der Waals surface area contributed by atoms with Crippen molar-refractivity contribution in [1.82, 2.24) is 4.90 Å². The Bertz CT molecular complexity index is 437. The van der Waals surface area contributed by atoms with Crippen LogP contribution in [-0.4, -0.2) is 29.9 Å². The largest absolute Gasteiger partial charge is 0.342 e. The second-order valence-electron chi connectivity index (χ2n) is 5.78. The van der Waals surface area contributed by atoms with Gasteiger partial charge in [-0.1, -0.05) is 44.2 Å². The minimum atomic E-state index is -0.372.